The van der Waals surface area contributed by atoms with Gasteiger partial charge in [-0.2, -0.15) is 0 Å². The second kappa shape index (κ2) is 5.80. The maximum atomic E-state index is 11.5. The summed E-state index contributed by atoms with van der Waals surface area (Å²) in [4.78, 5) is 11.5. The van der Waals surface area contributed by atoms with Gasteiger partial charge in [0, 0.05) is 5.92 Å². The van der Waals surface area contributed by atoms with Crippen molar-refractivity contribution in [2.45, 2.75) is 41.0 Å². The summed E-state index contributed by atoms with van der Waals surface area (Å²) < 4.78 is 4.97. The van der Waals surface area contributed by atoms with E-state index in [1.54, 1.807) is 6.92 Å². The van der Waals surface area contributed by atoms with Crippen LogP contribution in [-0.4, -0.2) is 12.6 Å². The van der Waals surface area contributed by atoms with Gasteiger partial charge in [-0.15, -0.1) is 12.3 Å². The van der Waals surface area contributed by atoms with Gasteiger partial charge < -0.3 is 4.74 Å². The second-order valence-corrected chi connectivity index (χ2v) is 5.08. The Morgan fingerprint density at radius 3 is 2.33 bits per heavy atom. The molecule has 2 nitrogen and oxygen atoms in total. The van der Waals surface area contributed by atoms with Crippen molar-refractivity contribution >= 4 is 5.97 Å². The second-order valence-electron chi connectivity index (χ2n) is 5.08. The maximum Gasteiger partial charge on any atom is 0.309 e. The lowest BCUT2D eigenvalue weighted by atomic mass is 9.79. The average Bonchev–Trinajstić information content (AvgIpc) is 2.12. The van der Waals surface area contributed by atoms with Crippen LogP contribution < -0.4 is 0 Å². The zero-order valence-corrected chi connectivity index (χ0v) is 10.5. The fourth-order valence-corrected chi connectivity index (χ4v) is 1.48. The quantitative estimate of drug-likeness (QED) is 0.527. The molecule has 0 radical (unpaired) electrons. The van der Waals surface area contributed by atoms with Crippen molar-refractivity contribution < 1.29 is 9.53 Å². The van der Waals surface area contributed by atoms with Crippen LogP contribution in [0.4, 0.5) is 0 Å². The molecule has 0 fully saturated rings. The van der Waals surface area contributed by atoms with E-state index in [1.807, 2.05) is 6.92 Å². The number of rotatable bonds is 4. The van der Waals surface area contributed by atoms with E-state index in [-0.39, 0.29) is 23.2 Å². The van der Waals surface area contributed by atoms with E-state index in [9.17, 15) is 4.79 Å². The Morgan fingerprint density at radius 2 is 2.00 bits per heavy atom. The highest BCUT2D eigenvalue weighted by atomic mass is 16.5. The van der Waals surface area contributed by atoms with Crippen molar-refractivity contribution in [3.63, 3.8) is 0 Å². The summed E-state index contributed by atoms with van der Waals surface area (Å²) in [5.41, 5.74) is 0.137. The van der Waals surface area contributed by atoms with Crippen LogP contribution in [-0.2, 0) is 9.53 Å². The first-order chi connectivity index (χ1) is 6.81. The Hall–Kier alpha value is -0.970. The fraction of sp³-hybridized carbons (Fsp3) is 0.769. The molecule has 0 bridgehead atoms. The number of hydrogen-bond acceptors (Lipinski definition) is 2. The zero-order valence-electron chi connectivity index (χ0n) is 10.5. The molecule has 0 N–H and O–H groups in total. The molecule has 0 aromatic carbocycles. The van der Waals surface area contributed by atoms with Crippen molar-refractivity contribution in [2.24, 2.45) is 17.3 Å². The van der Waals surface area contributed by atoms with Crippen molar-refractivity contribution in [3.8, 4) is 12.3 Å². The summed E-state index contributed by atoms with van der Waals surface area (Å²) in [6.45, 7) is 10.4. The third-order valence-corrected chi connectivity index (χ3v) is 2.31. The molecular formula is C13H22O2. The van der Waals surface area contributed by atoms with Crippen molar-refractivity contribution in [2.75, 3.05) is 6.61 Å². The third-order valence-electron chi connectivity index (χ3n) is 2.31. The van der Waals surface area contributed by atoms with Crippen LogP contribution in [0.5, 0.6) is 0 Å². The molecule has 0 aliphatic heterocycles. The number of carbonyl (C=O) groups excluding carboxylic acids is 1. The molecule has 86 valence electrons. The molecule has 0 amide bonds. The minimum absolute atomic E-state index is 0.0379. The largest absolute Gasteiger partial charge is 0.466 e. The molecule has 0 aliphatic carbocycles. The van der Waals surface area contributed by atoms with E-state index in [1.165, 1.54) is 0 Å². The topological polar surface area (TPSA) is 26.3 Å². The lowest BCUT2D eigenvalue weighted by Crippen LogP contribution is -2.25. The van der Waals surface area contributed by atoms with Crippen molar-refractivity contribution in [1.82, 2.24) is 0 Å². The van der Waals surface area contributed by atoms with Crippen LogP contribution in [0.3, 0.4) is 0 Å². The molecular weight excluding hydrogens is 188 g/mol. The number of carbonyl (C=O) groups is 1. The van der Waals surface area contributed by atoms with E-state index in [0.717, 1.165) is 6.42 Å². The van der Waals surface area contributed by atoms with E-state index in [2.05, 4.69) is 26.7 Å². The molecule has 0 rings (SSSR count). The molecule has 15 heavy (non-hydrogen) atoms. The minimum Gasteiger partial charge on any atom is -0.466 e. The van der Waals surface area contributed by atoms with E-state index in [4.69, 9.17) is 11.2 Å². The SMILES string of the molecule is C#C[C@H](CC(C)(C)C)[C@H](C)C(=O)OCC. The summed E-state index contributed by atoms with van der Waals surface area (Å²) >= 11 is 0. The van der Waals surface area contributed by atoms with Crippen LogP contribution in [0.15, 0.2) is 0 Å². The van der Waals surface area contributed by atoms with Gasteiger partial charge in [-0.3, -0.25) is 4.79 Å². The van der Waals surface area contributed by atoms with E-state index >= 15 is 0 Å². The maximum absolute atomic E-state index is 11.5. The van der Waals surface area contributed by atoms with Crippen molar-refractivity contribution in [3.05, 3.63) is 0 Å². The van der Waals surface area contributed by atoms with E-state index < -0.39 is 0 Å². The van der Waals surface area contributed by atoms with Gasteiger partial charge in [-0.05, 0) is 18.8 Å². The van der Waals surface area contributed by atoms with Crippen LogP contribution in [0.25, 0.3) is 0 Å². The van der Waals surface area contributed by atoms with Crippen LogP contribution >= 0.6 is 0 Å². The van der Waals surface area contributed by atoms with Gasteiger partial charge in [0.2, 0.25) is 0 Å². The number of ether oxygens (including phenoxy) is 1. The Morgan fingerprint density at radius 1 is 1.47 bits per heavy atom. The summed E-state index contributed by atoms with van der Waals surface area (Å²) in [5.74, 6) is 2.26. The van der Waals surface area contributed by atoms with Gasteiger partial charge in [-0.1, -0.05) is 27.7 Å². The predicted octanol–water partition coefficient (Wildman–Crippen LogP) is 2.87. The molecule has 0 heterocycles. The highest BCUT2D eigenvalue weighted by Crippen LogP contribution is 2.29. The van der Waals surface area contributed by atoms with Gasteiger partial charge in [0.05, 0.1) is 12.5 Å². The summed E-state index contributed by atoms with van der Waals surface area (Å²) in [6.07, 6.45) is 6.29. The lowest BCUT2D eigenvalue weighted by Gasteiger charge is -2.25. The molecule has 0 saturated carbocycles. The number of hydrogen-bond donors (Lipinski definition) is 0. The first-order valence-electron chi connectivity index (χ1n) is 5.44. The van der Waals surface area contributed by atoms with Crippen LogP contribution in [0, 0.1) is 29.6 Å². The fourth-order valence-electron chi connectivity index (χ4n) is 1.48. The van der Waals surface area contributed by atoms with E-state index in [0.29, 0.717) is 6.61 Å². The van der Waals surface area contributed by atoms with Gasteiger partial charge in [-0.25, -0.2) is 0 Å². The van der Waals surface area contributed by atoms with Crippen LogP contribution in [0.1, 0.15) is 41.0 Å². The predicted molar refractivity (Wildman–Crippen MR) is 62.2 cm³/mol. The van der Waals surface area contributed by atoms with Gasteiger partial charge >= 0.3 is 5.97 Å². The van der Waals surface area contributed by atoms with Gasteiger partial charge in [0.25, 0.3) is 0 Å². The van der Waals surface area contributed by atoms with Gasteiger partial charge in [0.1, 0.15) is 0 Å². The first-order valence-corrected chi connectivity index (χ1v) is 5.44. The smallest absolute Gasteiger partial charge is 0.309 e. The number of terminal acetylenes is 1. The molecule has 0 aliphatic rings. The average molecular weight is 210 g/mol. The Bertz CT molecular complexity index is 242. The highest BCUT2D eigenvalue weighted by Gasteiger charge is 2.27. The van der Waals surface area contributed by atoms with Crippen molar-refractivity contribution in [1.29, 1.82) is 0 Å². The summed E-state index contributed by atoms with van der Waals surface area (Å²) in [7, 11) is 0. The standard InChI is InChI=1S/C13H22O2/c1-7-11(9-13(4,5)6)10(3)12(14)15-8-2/h1,10-11H,8-9H2,2-6H3/t10-,11+/m0/s1. The Kier molecular flexibility index (Phi) is 5.43. The third kappa shape index (κ3) is 5.47. The monoisotopic (exact) mass is 210 g/mol. The molecule has 2 heteroatoms. The zero-order chi connectivity index (χ0) is 12.1. The Balaban J connectivity index is 4.43. The molecule has 0 spiro atoms. The summed E-state index contributed by atoms with van der Waals surface area (Å²) in [5, 5.41) is 0. The molecule has 0 aromatic heterocycles. The highest BCUT2D eigenvalue weighted by molar-refractivity contribution is 5.72. The molecule has 0 unspecified atom stereocenters. The Labute approximate surface area is 93.4 Å². The molecule has 0 aromatic rings. The lowest BCUT2D eigenvalue weighted by molar-refractivity contribution is -0.148. The first kappa shape index (κ1) is 14.0. The normalized spacial score (nSPS) is 15.2. The number of esters is 1. The summed E-state index contributed by atoms with van der Waals surface area (Å²) in [6, 6.07) is 0. The minimum atomic E-state index is -0.214. The molecule has 2 atom stereocenters. The molecule has 0 saturated heterocycles. The van der Waals surface area contributed by atoms with Gasteiger partial charge in [0.15, 0.2) is 0 Å². The van der Waals surface area contributed by atoms with Crippen LogP contribution in [0.2, 0.25) is 0 Å².